The number of benzene rings is 1. The van der Waals surface area contributed by atoms with Crippen LogP contribution in [0.3, 0.4) is 0 Å². The number of nitrogens with one attached hydrogen (secondary N) is 1. The number of anilines is 1. The molecule has 0 aliphatic carbocycles. The van der Waals surface area contributed by atoms with E-state index in [1.54, 1.807) is 6.07 Å². The van der Waals surface area contributed by atoms with Crippen LogP contribution in [-0.2, 0) is 13.6 Å². The van der Waals surface area contributed by atoms with Crippen LogP contribution in [0.1, 0.15) is 11.3 Å². The van der Waals surface area contributed by atoms with E-state index < -0.39 is 0 Å². The zero-order chi connectivity index (χ0) is 11.5. The lowest BCUT2D eigenvalue weighted by molar-refractivity contribution is 0.628. The van der Waals surface area contributed by atoms with Crippen LogP contribution in [0, 0.1) is 12.7 Å². The summed E-state index contributed by atoms with van der Waals surface area (Å²) in [5.41, 5.74) is 2.64. The number of halogens is 1. The standard InChI is InChI=1S/C13H15FN2/c1-10-5-3-7-12(14)13(10)15-9-11-6-4-8-16(11)2/h3-8,15H,9H2,1-2H3. The average Bonchev–Trinajstić information content (AvgIpc) is 2.64. The number of rotatable bonds is 3. The summed E-state index contributed by atoms with van der Waals surface area (Å²) >= 11 is 0. The zero-order valence-corrected chi connectivity index (χ0v) is 9.50. The zero-order valence-electron chi connectivity index (χ0n) is 9.50. The second kappa shape index (κ2) is 4.39. The molecule has 0 fully saturated rings. The van der Waals surface area contributed by atoms with Crippen molar-refractivity contribution in [3.63, 3.8) is 0 Å². The molecule has 0 amide bonds. The Labute approximate surface area is 94.7 Å². The van der Waals surface area contributed by atoms with Crippen molar-refractivity contribution < 1.29 is 4.39 Å². The van der Waals surface area contributed by atoms with Crippen LogP contribution < -0.4 is 5.32 Å². The van der Waals surface area contributed by atoms with Gasteiger partial charge in [-0.1, -0.05) is 12.1 Å². The summed E-state index contributed by atoms with van der Waals surface area (Å²) in [5.74, 6) is -0.200. The summed E-state index contributed by atoms with van der Waals surface area (Å²) < 4.78 is 15.5. The highest BCUT2D eigenvalue weighted by molar-refractivity contribution is 5.51. The molecular weight excluding hydrogens is 203 g/mol. The van der Waals surface area contributed by atoms with Crippen molar-refractivity contribution in [3.8, 4) is 0 Å². The molecule has 0 aliphatic heterocycles. The molecule has 1 aromatic heterocycles. The fraction of sp³-hybridized carbons (Fsp3) is 0.231. The highest BCUT2D eigenvalue weighted by Crippen LogP contribution is 2.19. The average molecular weight is 218 g/mol. The van der Waals surface area contributed by atoms with Crippen molar-refractivity contribution in [1.82, 2.24) is 4.57 Å². The Morgan fingerprint density at radius 3 is 2.69 bits per heavy atom. The quantitative estimate of drug-likeness (QED) is 0.837. The maximum atomic E-state index is 13.5. The second-order valence-electron chi connectivity index (χ2n) is 3.90. The molecule has 1 aromatic carbocycles. The van der Waals surface area contributed by atoms with Crippen LogP contribution in [0.2, 0.25) is 0 Å². The molecule has 2 aromatic rings. The summed E-state index contributed by atoms with van der Waals surface area (Å²) in [6.07, 6.45) is 1.98. The molecule has 0 saturated carbocycles. The van der Waals surface area contributed by atoms with Gasteiger partial charge in [0.15, 0.2) is 0 Å². The first-order chi connectivity index (χ1) is 7.68. The Morgan fingerprint density at radius 2 is 2.06 bits per heavy atom. The fourth-order valence-corrected chi connectivity index (χ4v) is 1.71. The topological polar surface area (TPSA) is 17.0 Å². The van der Waals surface area contributed by atoms with Gasteiger partial charge < -0.3 is 9.88 Å². The fourth-order valence-electron chi connectivity index (χ4n) is 1.71. The molecular formula is C13H15FN2. The van der Waals surface area contributed by atoms with E-state index in [-0.39, 0.29) is 5.82 Å². The van der Waals surface area contributed by atoms with Crippen molar-refractivity contribution >= 4 is 5.69 Å². The Morgan fingerprint density at radius 1 is 1.25 bits per heavy atom. The van der Waals surface area contributed by atoms with Crippen molar-refractivity contribution in [1.29, 1.82) is 0 Å². The van der Waals surface area contributed by atoms with Gasteiger partial charge in [-0.25, -0.2) is 4.39 Å². The van der Waals surface area contributed by atoms with Crippen molar-refractivity contribution in [3.05, 3.63) is 53.6 Å². The van der Waals surface area contributed by atoms with E-state index in [1.807, 2.05) is 42.9 Å². The SMILES string of the molecule is Cc1cccc(F)c1NCc1cccn1C. The van der Waals surface area contributed by atoms with Gasteiger partial charge in [0.05, 0.1) is 12.2 Å². The molecule has 0 saturated heterocycles. The van der Waals surface area contributed by atoms with E-state index in [0.717, 1.165) is 11.3 Å². The van der Waals surface area contributed by atoms with E-state index in [9.17, 15) is 4.39 Å². The summed E-state index contributed by atoms with van der Waals surface area (Å²) in [6, 6.07) is 9.09. The van der Waals surface area contributed by atoms with Gasteiger partial charge in [-0.3, -0.25) is 0 Å². The Hall–Kier alpha value is -1.77. The summed E-state index contributed by atoms with van der Waals surface area (Å²) in [6.45, 7) is 2.53. The normalized spacial score (nSPS) is 10.4. The van der Waals surface area contributed by atoms with E-state index in [2.05, 4.69) is 5.32 Å². The Kier molecular flexibility index (Phi) is 2.95. The number of para-hydroxylation sites is 1. The third-order valence-corrected chi connectivity index (χ3v) is 2.72. The molecule has 0 atom stereocenters. The van der Waals surface area contributed by atoms with E-state index in [1.165, 1.54) is 6.07 Å². The maximum Gasteiger partial charge on any atom is 0.146 e. The largest absolute Gasteiger partial charge is 0.377 e. The van der Waals surface area contributed by atoms with Crippen LogP contribution in [0.15, 0.2) is 36.5 Å². The highest BCUT2D eigenvalue weighted by Gasteiger charge is 2.05. The van der Waals surface area contributed by atoms with E-state index >= 15 is 0 Å². The summed E-state index contributed by atoms with van der Waals surface area (Å²) in [7, 11) is 1.98. The second-order valence-corrected chi connectivity index (χ2v) is 3.90. The predicted octanol–water partition coefficient (Wildman–Crippen LogP) is 3.08. The molecule has 0 aliphatic rings. The third kappa shape index (κ3) is 2.08. The molecule has 1 N–H and O–H groups in total. The number of aryl methyl sites for hydroxylation is 2. The monoisotopic (exact) mass is 218 g/mol. The molecule has 16 heavy (non-hydrogen) atoms. The van der Waals surface area contributed by atoms with Crippen LogP contribution in [0.25, 0.3) is 0 Å². The first-order valence-electron chi connectivity index (χ1n) is 5.27. The van der Waals surface area contributed by atoms with Gasteiger partial charge in [-0.2, -0.15) is 0 Å². The van der Waals surface area contributed by atoms with Crippen LogP contribution in [-0.4, -0.2) is 4.57 Å². The van der Waals surface area contributed by atoms with Crippen molar-refractivity contribution in [2.75, 3.05) is 5.32 Å². The smallest absolute Gasteiger partial charge is 0.146 e. The molecule has 0 radical (unpaired) electrons. The Bertz CT molecular complexity index is 468. The van der Waals surface area contributed by atoms with Gasteiger partial charge >= 0.3 is 0 Å². The predicted molar refractivity (Wildman–Crippen MR) is 63.9 cm³/mol. The number of nitrogens with zero attached hydrogens (tertiary/aromatic N) is 1. The van der Waals surface area contributed by atoms with Crippen LogP contribution in [0.4, 0.5) is 10.1 Å². The lowest BCUT2D eigenvalue weighted by atomic mass is 10.2. The van der Waals surface area contributed by atoms with Crippen molar-refractivity contribution in [2.45, 2.75) is 13.5 Å². The first kappa shape index (κ1) is 10.7. The van der Waals surface area contributed by atoms with Gasteiger partial charge in [0.1, 0.15) is 5.82 Å². The van der Waals surface area contributed by atoms with Gasteiger partial charge in [0.25, 0.3) is 0 Å². The minimum atomic E-state index is -0.200. The number of hydrogen-bond acceptors (Lipinski definition) is 1. The maximum absolute atomic E-state index is 13.5. The molecule has 84 valence electrons. The minimum Gasteiger partial charge on any atom is -0.377 e. The number of hydrogen-bond donors (Lipinski definition) is 1. The minimum absolute atomic E-state index is 0.200. The summed E-state index contributed by atoms with van der Waals surface area (Å²) in [5, 5.41) is 3.13. The van der Waals surface area contributed by atoms with Gasteiger partial charge in [0, 0.05) is 18.9 Å². The lowest BCUT2D eigenvalue weighted by Gasteiger charge is -2.11. The molecule has 2 rings (SSSR count). The van der Waals surface area contributed by atoms with Crippen molar-refractivity contribution in [2.24, 2.45) is 7.05 Å². The van der Waals surface area contributed by atoms with E-state index in [0.29, 0.717) is 12.2 Å². The molecule has 0 bridgehead atoms. The molecule has 0 unspecified atom stereocenters. The summed E-state index contributed by atoms with van der Waals surface area (Å²) in [4.78, 5) is 0. The van der Waals surface area contributed by atoms with Gasteiger partial charge in [-0.15, -0.1) is 0 Å². The van der Waals surface area contributed by atoms with E-state index in [4.69, 9.17) is 0 Å². The number of aromatic nitrogens is 1. The first-order valence-corrected chi connectivity index (χ1v) is 5.27. The Balaban J connectivity index is 2.14. The molecule has 0 spiro atoms. The van der Waals surface area contributed by atoms with Gasteiger partial charge in [0.2, 0.25) is 0 Å². The molecule has 1 heterocycles. The van der Waals surface area contributed by atoms with Gasteiger partial charge in [-0.05, 0) is 30.7 Å². The lowest BCUT2D eigenvalue weighted by Crippen LogP contribution is -2.06. The van der Waals surface area contributed by atoms with Crippen LogP contribution >= 0.6 is 0 Å². The molecule has 2 nitrogen and oxygen atoms in total. The molecule has 3 heteroatoms. The third-order valence-electron chi connectivity index (χ3n) is 2.72. The highest BCUT2D eigenvalue weighted by atomic mass is 19.1. The van der Waals surface area contributed by atoms with Crippen LogP contribution in [0.5, 0.6) is 0 Å².